The smallest absolute Gasteiger partial charge is 0.271 e. The van der Waals surface area contributed by atoms with Gasteiger partial charge in [0.05, 0.1) is 6.33 Å². The molecule has 19 heavy (non-hydrogen) atoms. The lowest BCUT2D eigenvalue weighted by Crippen LogP contribution is -2.41. The third-order valence-corrected chi connectivity index (χ3v) is 4.90. The largest absolute Gasteiger partial charge is 0.368 e. The molecule has 1 aromatic heterocycles. The van der Waals surface area contributed by atoms with Crippen molar-refractivity contribution in [1.82, 2.24) is 14.9 Å². The Morgan fingerprint density at radius 2 is 2.16 bits per heavy atom. The molecule has 1 aromatic rings. The van der Waals surface area contributed by atoms with Crippen LogP contribution in [0.1, 0.15) is 25.7 Å². The molecular weight excluding hydrogens is 264 g/mol. The Bertz CT molecular complexity index is 504. The lowest BCUT2D eigenvalue weighted by Gasteiger charge is -2.36. The van der Waals surface area contributed by atoms with Gasteiger partial charge in [0.15, 0.2) is 5.82 Å². The van der Waals surface area contributed by atoms with Crippen LogP contribution >= 0.6 is 11.6 Å². The normalized spacial score (nSPS) is 30.5. The molecule has 0 aromatic carbocycles. The van der Waals surface area contributed by atoms with E-state index in [2.05, 4.69) is 27.2 Å². The summed E-state index contributed by atoms with van der Waals surface area (Å²) >= 11 is 5.93. The SMILES string of the molecule is CN1C2CCC1CC(CNc1nc[nH]c(=O)c1Cl)C2. The molecule has 2 aliphatic heterocycles. The highest BCUT2D eigenvalue weighted by molar-refractivity contribution is 6.32. The summed E-state index contributed by atoms with van der Waals surface area (Å²) < 4.78 is 0. The van der Waals surface area contributed by atoms with Crippen LogP contribution in [0.4, 0.5) is 5.82 Å². The Labute approximate surface area is 117 Å². The van der Waals surface area contributed by atoms with Crippen LogP contribution in [0.2, 0.25) is 5.02 Å². The van der Waals surface area contributed by atoms with Gasteiger partial charge in [-0.15, -0.1) is 0 Å². The van der Waals surface area contributed by atoms with Gasteiger partial charge in [-0.05, 0) is 38.6 Å². The van der Waals surface area contributed by atoms with Gasteiger partial charge in [0.25, 0.3) is 5.56 Å². The third kappa shape index (κ3) is 2.49. The molecule has 2 fully saturated rings. The Balaban J connectivity index is 1.61. The zero-order valence-corrected chi connectivity index (χ0v) is 11.8. The first-order valence-electron chi connectivity index (χ1n) is 6.84. The Kier molecular flexibility index (Phi) is 3.50. The van der Waals surface area contributed by atoms with Crippen LogP contribution in [0.25, 0.3) is 0 Å². The van der Waals surface area contributed by atoms with E-state index in [1.54, 1.807) is 0 Å². The number of rotatable bonds is 3. The molecule has 0 amide bonds. The van der Waals surface area contributed by atoms with Gasteiger partial charge in [0.1, 0.15) is 5.02 Å². The molecule has 2 unspecified atom stereocenters. The summed E-state index contributed by atoms with van der Waals surface area (Å²) in [6.45, 7) is 0.844. The minimum Gasteiger partial charge on any atom is -0.368 e. The van der Waals surface area contributed by atoms with Crippen LogP contribution in [0, 0.1) is 5.92 Å². The first kappa shape index (κ1) is 12.9. The fourth-order valence-corrected chi connectivity index (χ4v) is 3.61. The highest BCUT2D eigenvalue weighted by Gasteiger charge is 2.38. The number of anilines is 1. The first-order chi connectivity index (χ1) is 9.15. The highest BCUT2D eigenvalue weighted by Crippen LogP contribution is 2.37. The number of halogens is 1. The summed E-state index contributed by atoms with van der Waals surface area (Å²) in [7, 11) is 2.24. The van der Waals surface area contributed by atoms with Crippen LogP contribution in [0.3, 0.4) is 0 Å². The summed E-state index contributed by atoms with van der Waals surface area (Å²) in [5.74, 6) is 1.14. The van der Waals surface area contributed by atoms with Gasteiger partial charge in [-0.25, -0.2) is 4.98 Å². The molecule has 104 valence electrons. The van der Waals surface area contributed by atoms with E-state index < -0.39 is 0 Å². The molecule has 3 heterocycles. The van der Waals surface area contributed by atoms with Crippen molar-refractivity contribution in [2.75, 3.05) is 18.9 Å². The number of piperidine rings is 1. The molecule has 3 rings (SSSR count). The van der Waals surface area contributed by atoms with Crippen LogP contribution in [0.5, 0.6) is 0 Å². The maximum atomic E-state index is 11.4. The number of fused-ring (bicyclic) bond motifs is 2. The van der Waals surface area contributed by atoms with Crippen LogP contribution < -0.4 is 10.9 Å². The molecule has 2 aliphatic rings. The zero-order valence-electron chi connectivity index (χ0n) is 11.0. The number of aromatic amines is 1. The molecule has 6 heteroatoms. The number of nitrogens with one attached hydrogen (secondary N) is 2. The van der Waals surface area contributed by atoms with E-state index in [1.807, 2.05) is 0 Å². The molecule has 2 bridgehead atoms. The third-order valence-electron chi connectivity index (χ3n) is 4.55. The fourth-order valence-electron chi connectivity index (χ4n) is 3.44. The van der Waals surface area contributed by atoms with Gasteiger partial charge < -0.3 is 15.2 Å². The number of hydrogen-bond acceptors (Lipinski definition) is 4. The van der Waals surface area contributed by atoms with Gasteiger partial charge in [-0.1, -0.05) is 11.6 Å². The predicted molar refractivity (Wildman–Crippen MR) is 75.7 cm³/mol. The summed E-state index contributed by atoms with van der Waals surface area (Å²) in [5, 5.41) is 3.38. The zero-order chi connectivity index (χ0) is 13.4. The second kappa shape index (κ2) is 5.13. The Morgan fingerprint density at radius 1 is 1.47 bits per heavy atom. The lowest BCUT2D eigenvalue weighted by atomic mass is 9.91. The Morgan fingerprint density at radius 3 is 2.84 bits per heavy atom. The van der Waals surface area contributed by atoms with E-state index in [4.69, 9.17) is 11.6 Å². The van der Waals surface area contributed by atoms with Gasteiger partial charge in [-0.2, -0.15) is 0 Å². The summed E-state index contributed by atoms with van der Waals surface area (Å²) in [5.41, 5.74) is -0.289. The summed E-state index contributed by atoms with van der Waals surface area (Å²) in [6, 6.07) is 1.46. The first-order valence-corrected chi connectivity index (χ1v) is 7.22. The van der Waals surface area contributed by atoms with Crippen LogP contribution in [-0.2, 0) is 0 Å². The second-order valence-electron chi connectivity index (χ2n) is 5.66. The van der Waals surface area contributed by atoms with Crippen molar-refractivity contribution in [3.05, 3.63) is 21.7 Å². The molecule has 0 radical (unpaired) electrons. The molecule has 2 N–H and O–H groups in total. The fraction of sp³-hybridized carbons (Fsp3) is 0.692. The molecule has 0 saturated carbocycles. The van der Waals surface area contributed by atoms with Crippen LogP contribution in [0.15, 0.2) is 11.1 Å². The van der Waals surface area contributed by atoms with E-state index >= 15 is 0 Å². The maximum Gasteiger partial charge on any atom is 0.271 e. The van der Waals surface area contributed by atoms with Crippen molar-refractivity contribution in [3.63, 3.8) is 0 Å². The summed E-state index contributed by atoms with van der Waals surface area (Å²) in [6.07, 6.45) is 6.47. The predicted octanol–water partition coefficient (Wildman–Crippen LogP) is 1.71. The molecule has 2 atom stereocenters. The van der Waals surface area contributed by atoms with E-state index in [9.17, 15) is 4.79 Å². The van der Waals surface area contributed by atoms with E-state index in [0.717, 1.165) is 18.6 Å². The number of nitrogens with zero attached hydrogens (tertiary/aromatic N) is 2. The Hall–Kier alpha value is -1.07. The average molecular weight is 283 g/mol. The van der Waals surface area contributed by atoms with Gasteiger partial charge in [0.2, 0.25) is 0 Å². The monoisotopic (exact) mass is 282 g/mol. The number of aromatic nitrogens is 2. The minimum atomic E-state index is -0.289. The van der Waals surface area contributed by atoms with Crippen LogP contribution in [-0.4, -0.2) is 40.5 Å². The number of hydrogen-bond donors (Lipinski definition) is 2. The molecule has 5 nitrogen and oxygen atoms in total. The molecule has 2 saturated heterocycles. The van der Waals surface area contributed by atoms with Crippen molar-refractivity contribution in [2.45, 2.75) is 37.8 Å². The number of H-pyrrole nitrogens is 1. The van der Waals surface area contributed by atoms with Crippen molar-refractivity contribution in [1.29, 1.82) is 0 Å². The van der Waals surface area contributed by atoms with E-state index in [-0.39, 0.29) is 10.6 Å². The van der Waals surface area contributed by atoms with Crippen molar-refractivity contribution in [2.24, 2.45) is 5.92 Å². The quantitative estimate of drug-likeness (QED) is 0.886. The van der Waals surface area contributed by atoms with Gasteiger partial charge in [0, 0.05) is 18.6 Å². The maximum absolute atomic E-state index is 11.4. The van der Waals surface area contributed by atoms with Crippen molar-refractivity contribution < 1.29 is 0 Å². The van der Waals surface area contributed by atoms with E-state index in [0.29, 0.717) is 11.7 Å². The van der Waals surface area contributed by atoms with Crippen molar-refractivity contribution in [3.8, 4) is 0 Å². The minimum absolute atomic E-state index is 0.151. The highest BCUT2D eigenvalue weighted by atomic mass is 35.5. The molecule has 0 spiro atoms. The topological polar surface area (TPSA) is 61.0 Å². The molecular formula is C13H19ClN4O. The lowest BCUT2D eigenvalue weighted by molar-refractivity contribution is 0.139. The standard InChI is InChI=1S/C13H19ClN4O/c1-18-9-2-3-10(18)5-8(4-9)6-15-12-11(14)13(19)17-7-16-12/h7-10H,2-6H2,1H3,(H2,15,16,17,19). The van der Waals surface area contributed by atoms with Gasteiger partial charge >= 0.3 is 0 Å². The molecule has 0 aliphatic carbocycles. The van der Waals surface area contributed by atoms with E-state index in [1.165, 1.54) is 32.0 Å². The van der Waals surface area contributed by atoms with Crippen molar-refractivity contribution >= 4 is 17.4 Å². The van der Waals surface area contributed by atoms with Gasteiger partial charge in [-0.3, -0.25) is 4.79 Å². The summed E-state index contributed by atoms with van der Waals surface area (Å²) in [4.78, 5) is 20.4. The average Bonchev–Trinajstić information content (AvgIpc) is 2.64. The second-order valence-corrected chi connectivity index (χ2v) is 6.04.